The Bertz CT molecular complexity index is 971. The van der Waals surface area contributed by atoms with Crippen LogP contribution in [0.5, 0.6) is 5.75 Å². The molecule has 2 heterocycles. The van der Waals surface area contributed by atoms with Gasteiger partial charge in [-0.3, -0.25) is 4.79 Å². The van der Waals surface area contributed by atoms with Crippen LogP contribution >= 0.6 is 11.6 Å². The smallest absolute Gasteiger partial charge is 0.321 e. The van der Waals surface area contributed by atoms with Crippen molar-refractivity contribution in [2.45, 2.75) is 51.0 Å². The van der Waals surface area contributed by atoms with Gasteiger partial charge >= 0.3 is 6.03 Å². The molecule has 2 amide bonds. The summed E-state index contributed by atoms with van der Waals surface area (Å²) >= 11 is 5.89. The lowest BCUT2D eigenvalue weighted by molar-refractivity contribution is 0.000351. The molecule has 2 aliphatic rings. The first-order chi connectivity index (χ1) is 14.2. The molecule has 0 saturated carbocycles. The molecule has 2 aromatic rings. The number of likely N-dealkylation sites (tertiary alicyclic amines) is 1. The molecule has 2 aromatic carbocycles. The van der Waals surface area contributed by atoms with Gasteiger partial charge in [0.05, 0.1) is 12.0 Å². The highest BCUT2D eigenvalue weighted by Crippen LogP contribution is 2.40. The fourth-order valence-corrected chi connectivity index (χ4v) is 4.22. The number of amides is 2. The maximum atomic E-state index is 12.9. The summed E-state index contributed by atoms with van der Waals surface area (Å²) in [6.07, 6.45) is 1.63. The first-order valence-corrected chi connectivity index (χ1v) is 10.7. The lowest BCUT2D eigenvalue weighted by Crippen LogP contribution is -2.53. The number of piperidine rings is 1. The van der Waals surface area contributed by atoms with E-state index in [0.29, 0.717) is 54.4 Å². The first kappa shape index (κ1) is 20.7. The van der Waals surface area contributed by atoms with Crippen LogP contribution in [0.4, 0.5) is 10.5 Å². The molecule has 1 spiro atoms. The lowest BCUT2D eigenvalue weighted by Gasteiger charge is -2.44. The Morgan fingerprint density at radius 3 is 2.40 bits per heavy atom. The molecule has 0 bridgehead atoms. The second-order valence-electron chi connectivity index (χ2n) is 9.27. The van der Waals surface area contributed by atoms with Crippen LogP contribution in [0.1, 0.15) is 56.0 Å². The van der Waals surface area contributed by atoms with Crippen LogP contribution in [-0.2, 0) is 5.41 Å². The van der Waals surface area contributed by atoms with E-state index in [2.05, 4.69) is 26.1 Å². The second kappa shape index (κ2) is 7.62. The zero-order valence-electron chi connectivity index (χ0n) is 17.6. The molecular weight excluding hydrogens is 400 g/mol. The van der Waals surface area contributed by atoms with Crippen molar-refractivity contribution in [3.8, 4) is 5.75 Å². The van der Waals surface area contributed by atoms with E-state index in [-0.39, 0.29) is 17.2 Å². The van der Waals surface area contributed by atoms with Gasteiger partial charge in [-0.15, -0.1) is 0 Å². The number of carbonyl (C=O) groups excluding carboxylic acids is 2. The van der Waals surface area contributed by atoms with Crippen molar-refractivity contribution in [3.05, 3.63) is 58.6 Å². The SMILES string of the molecule is CC(C)(C)c1ccc2c(c1)C(=O)CC1(CCN(C(=O)Nc3ccc(Cl)cc3)CC1)O2. The first-order valence-electron chi connectivity index (χ1n) is 10.3. The average molecular weight is 427 g/mol. The molecule has 4 rings (SSSR count). The van der Waals surface area contributed by atoms with Gasteiger partial charge in [-0.05, 0) is 47.4 Å². The molecule has 1 saturated heterocycles. The predicted molar refractivity (Wildman–Crippen MR) is 119 cm³/mol. The molecular formula is C24H27ClN2O3. The van der Waals surface area contributed by atoms with Crippen molar-refractivity contribution >= 4 is 29.1 Å². The van der Waals surface area contributed by atoms with E-state index < -0.39 is 5.60 Å². The number of fused-ring (bicyclic) bond motifs is 1. The number of rotatable bonds is 1. The zero-order valence-corrected chi connectivity index (χ0v) is 18.4. The van der Waals surface area contributed by atoms with E-state index in [1.165, 1.54) is 0 Å². The van der Waals surface area contributed by atoms with Crippen molar-refractivity contribution in [2.24, 2.45) is 0 Å². The number of ether oxygens (including phenoxy) is 1. The number of urea groups is 1. The summed E-state index contributed by atoms with van der Waals surface area (Å²) in [5.41, 5.74) is 1.97. The molecule has 5 nitrogen and oxygen atoms in total. The van der Waals surface area contributed by atoms with Gasteiger partial charge in [0.15, 0.2) is 5.78 Å². The molecule has 2 aliphatic heterocycles. The summed E-state index contributed by atoms with van der Waals surface area (Å²) in [6.45, 7) is 7.49. The number of benzene rings is 2. The third-order valence-electron chi connectivity index (χ3n) is 6.01. The summed E-state index contributed by atoms with van der Waals surface area (Å²) in [4.78, 5) is 27.3. The number of halogens is 1. The zero-order chi connectivity index (χ0) is 21.5. The van der Waals surface area contributed by atoms with Gasteiger partial charge in [-0.1, -0.05) is 38.4 Å². The van der Waals surface area contributed by atoms with Gasteiger partial charge < -0.3 is 15.0 Å². The van der Waals surface area contributed by atoms with E-state index in [0.717, 1.165) is 5.56 Å². The van der Waals surface area contributed by atoms with Crippen molar-refractivity contribution < 1.29 is 14.3 Å². The fraction of sp³-hybridized carbons (Fsp3) is 0.417. The number of anilines is 1. The Morgan fingerprint density at radius 2 is 1.77 bits per heavy atom. The molecule has 1 fully saturated rings. The van der Waals surface area contributed by atoms with Gasteiger partial charge in [-0.25, -0.2) is 4.79 Å². The Morgan fingerprint density at radius 1 is 1.10 bits per heavy atom. The summed E-state index contributed by atoms with van der Waals surface area (Å²) in [7, 11) is 0. The molecule has 0 radical (unpaired) electrons. The van der Waals surface area contributed by atoms with Gasteiger partial charge in [0.1, 0.15) is 11.4 Å². The third kappa shape index (κ3) is 4.17. The number of hydrogen-bond acceptors (Lipinski definition) is 3. The second-order valence-corrected chi connectivity index (χ2v) is 9.71. The van der Waals surface area contributed by atoms with Crippen LogP contribution in [0.2, 0.25) is 5.02 Å². The number of nitrogens with one attached hydrogen (secondary N) is 1. The van der Waals surface area contributed by atoms with Crippen LogP contribution in [0.15, 0.2) is 42.5 Å². The van der Waals surface area contributed by atoms with Crippen LogP contribution in [0, 0.1) is 0 Å². The summed E-state index contributed by atoms with van der Waals surface area (Å²) in [6, 6.07) is 12.8. The van der Waals surface area contributed by atoms with Crippen molar-refractivity contribution in [2.75, 3.05) is 18.4 Å². The predicted octanol–water partition coefficient (Wildman–Crippen LogP) is 5.67. The number of carbonyl (C=O) groups is 2. The van der Waals surface area contributed by atoms with Gasteiger partial charge in [0, 0.05) is 36.6 Å². The number of hydrogen-bond donors (Lipinski definition) is 1. The lowest BCUT2D eigenvalue weighted by atomic mass is 9.80. The number of Topliss-reactive ketones (excluding diaryl/α,β-unsaturated/α-hetero) is 1. The molecule has 158 valence electrons. The van der Waals surface area contributed by atoms with Crippen molar-refractivity contribution in [1.82, 2.24) is 4.90 Å². The minimum Gasteiger partial charge on any atom is -0.486 e. The van der Waals surface area contributed by atoms with Gasteiger partial charge in [0.2, 0.25) is 0 Å². The minimum absolute atomic E-state index is 0.0206. The Kier molecular flexibility index (Phi) is 5.27. The summed E-state index contributed by atoms with van der Waals surface area (Å²) in [5.74, 6) is 0.791. The van der Waals surface area contributed by atoms with Crippen LogP contribution in [0.3, 0.4) is 0 Å². The standard InChI is InChI=1S/C24H27ClN2O3/c1-23(2,3)16-4-9-21-19(14-16)20(28)15-24(30-21)10-12-27(13-11-24)22(29)26-18-7-5-17(25)6-8-18/h4-9,14H,10-13,15H2,1-3H3,(H,26,29). The molecule has 0 atom stereocenters. The molecule has 1 N–H and O–H groups in total. The largest absolute Gasteiger partial charge is 0.486 e. The van der Waals surface area contributed by atoms with Gasteiger partial charge in [-0.2, -0.15) is 0 Å². The van der Waals surface area contributed by atoms with Crippen molar-refractivity contribution in [3.63, 3.8) is 0 Å². The van der Waals surface area contributed by atoms with E-state index in [9.17, 15) is 9.59 Å². The molecule has 0 aromatic heterocycles. The highest BCUT2D eigenvalue weighted by molar-refractivity contribution is 6.30. The Labute approximate surface area is 182 Å². The monoisotopic (exact) mass is 426 g/mol. The highest BCUT2D eigenvalue weighted by Gasteiger charge is 2.44. The normalized spacial score (nSPS) is 18.0. The van der Waals surface area contributed by atoms with Crippen LogP contribution < -0.4 is 10.1 Å². The Hall–Kier alpha value is -2.53. The fourth-order valence-electron chi connectivity index (χ4n) is 4.09. The van der Waals surface area contributed by atoms with Crippen LogP contribution in [-0.4, -0.2) is 35.4 Å². The van der Waals surface area contributed by atoms with Crippen molar-refractivity contribution in [1.29, 1.82) is 0 Å². The van der Waals surface area contributed by atoms with Crippen LogP contribution in [0.25, 0.3) is 0 Å². The van der Waals surface area contributed by atoms with E-state index in [1.54, 1.807) is 29.2 Å². The van der Waals surface area contributed by atoms with Gasteiger partial charge in [0.25, 0.3) is 0 Å². The maximum absolute atomic E-state index is 12.9. The average Bonchev–Trinajstić information content (AvgIpc) is 2.69. The summed E-state index contributed by atoms with van der Waals surface area (Å²) < 4.78 is 6.36. The molecule has 0 aliphatic carbocycles. The summed E-state index contributed by atoms with van der Waals surface area (Å²) in [5, 5.41) is 3.52. The van der Waals surface area contributed by atoms with E-state index in [4.69, 9.17) is 16.3 Å². The molecule has 6 heteroatoms. The maximum Gasteiger partial charge on any atom is 0.321 e. The third-order valence-corrected chi connectivity index (χ3v) is 6.26. The molecule has 30 heavy (non-hydrogen) atoms. The Balaban J connectivity index is 1.42. The van der Waals surface area contributed by atoms with E-state index >= 15 is 0 Å². The topological polar surface area (TPSA) is 58.6 Å². The quantitative estimate of drug-likeness (QED) is 0.639. The highest BCUT2D eigenvalue weighted by atomic mass is 35.5. The molecule has 0 unspecified atom stereocenters. The number of ketones is 1. The minimum atomic E-state index is -0.523. The number of nitrogens with zero attached hydrogens (tertiary/aromatic N) is 1. The van der Waals surface area contributed by atoms with E-state index in [1.807, 2.05) is 18.2 Å².